The summed E-state index contributed by atoms with van der Waals surface area (Å²) in [7, 11) is -2.02. The van der Waals surface area contributed by atoms with Crippen LogP contribution in [-0.4, -0.2) is 24.2 Å². The first-order valence-electron chi connectivity index (χ1n) is 7.56. The van der Waals surface area contributed by atoms with E-state index in [1.165, 1.54) is 16.4 Å². The minimum absolute atomic E-state index is 0.183. The van der Waals surface area contributed by atoms with Gasteiger partial charge in [0, 0.05) is 13.1 Å². The number of rotatable bonds is 2. The summed E-state index contributed by atoms with van der Waals surface area (Å²) in [6, 6.07) is 4.10. The van der Waals surface area contributed by atoms with Crippen LogP contribution < -0.4 is 4.31 Å². The fourth-order valence-electron chi connectivity index (χ4n) is 3.28. The van der Waals surface area contributed by atoms with Crippen molar-refractivity contribution in [3.8, 4) is 0 Å². The van der Waals surface area contributed by atoms with Crippen LogP contribution in [0.1, 0.15) is 30.3 Å². The average molecular weight is 337 g/mol. The van der Waals surface area contributed by atoms with Gasteiger partial charge in [-0.05, 0) is 57.4 Å². The molecule has 0 amide bonds. The number of aromatic nitrogens is 2. The van der Waals surface area contributed by atoms with Crippen LogP contribution in [-0.2, 0) is 23.5 Å². The van der Waals surface area contributed by atoms with Gasteiger partial charge in [-0.25, -0.2) is 12.8 Å². The number of hydrogen-bond acceptors (Lipinski definition) is 3. The van der Waals surface area contributed by atoms with Crippen molar-refractivity contribution in [2.75, 3.05) is 4.31 Å². The van der Waals surface area contributed by atoms with Crippen LogP contribution in [0.3, 0.4) is 0 Å². The van der Waals surface area contributed by atoms with E-state index in [4.69, 9.17) is 0 Å². The van der Waals surface area contributed by atoms with Crippen molar-refractivity contribution in [2.24, 2.45) is 7.05 Å². The molecule has 2 heterocycles. The SMILES string of the molecule is Cc1nn(C)c(C)c1S(=O)(=O)N1c2ccc(F)cc2CCC1C. The minimum atomic E-state index is -3.75. The highest BCUT2D eigenvalue weighted by atomic mass is 32.2. The summed E-state index contributed by atoms with van der Waals surface area (Å²) < 4.78 is 43.0. The summed E-state index contributed by atoms with van der Waals surface area (Å²) in [5.41, 5.74) is 2.37. The molecule has 0 saturated carbocycles. The third-order valence-corrected chi connectivity index (χ3v) is 6.65. The fourth-order valence-corrected chi connectivity index (χ4v) is 5.41. The van der Waals surface area contributed by atoms with Crippen LogP contribution in [0.5, 0.6) is 0 Å². The molecule has 0 N–H and O–H groups in total. The Balaban J connectivity index is 2.21. The Morgan fingerprint density at radius 1 is 1.30 bits per heavy atom. The lowest BCUT2D eigenvalue weighted by Gasteiger charge is -2.36. The Morgan fingerprint density at radius 2 is 2.00 bits per heavy atom. The summed E-state index contributed by atoms with van der Waals surface area (Å²) in [5.74, 6) is -0.343. The highest BCUT2D eigenvalue weighted by molar-refractivity contribution is 7.93. The lowest BCUT2D eigenvalue weighted by molar-refractivity contribution is 0.559. The van der Waals surface area contributed by atoms with E-state index in [0.717, 1.165) is 5.56 Å². The van der Waals surface area contributed by atoms with Gasteiger partial charge in [-0.1, -0.05) is 0 Å². The van der Waals surface area contributed by atoms with Crippen molar-refractivity contribution in [1.82, 2.24) is 9.78 Å². The van der Waals surface area contributed by atoms with E-state index in [2.05, 4.69) is 5.10 Å². The van der Waals surface area contributed by atoms with Crippen molar-refractivity contribution in [2.45, 2.75) is 44.6 Å². The molecule has 5 nitrogen and oxygen atoms in total. The maximum absolute atomic E-state index is 13.5. The predicted octanol–water partition coefficient (Wildman–Crippen LogP) is 2.71. The van der Waals surface area contributed by atoms with Gasteiger partial charge in [-0.3, -0.25) is 8.99 Å². The monoisotopic (exact) mass is 337 g/mol. The van der Waals surface area contributed by atoms with E-state index in [1.807, 2.05) is 6.92 Å². The first-order chi connectivity index (χ1) is 10.7. The number of benzene rings is 1. The molecule has 0 fully saturated rings. The third kappa shape index (κ3) is 2.43. The molecule has 1 aliphatic heterocycles. The molecule has 1 aliphatic rings. The van der Waals surface area contributed by atoms with Gasteiger partial charge in [-0.2, -0.15) is 5.10 Å². The number of halogens is 1. The highest BCUT2D eigenvalue weighted by Gasteiger charge is 2.37. The van der Waals surface area contributed by atoms with Gasteiger partial charge in [0.15, 0.2) is 0 Å². The van der Waals surface area contributed by atoms with Crippen LogP contribution in [0.15, 0.2) is 23.1 Å². The van der Waals surface area contributed by atoms with Crippen LogP contribution in [0, 0.1) is 19.7 Å². The lowest BCUT2D eigenvalue weighted by atomic mass is 9.99. The quantitative estimate of drug-likeness (QED) is 0.847. The second kappa shape index (κ2) is 5.33. The van der Waals surface area contributed by atoms with Crippen LogP contribution in [0.2, 0.25) is 0 Å². The molecule has 0 aliphatic carbocycles. The lowest BCUT2D eigenvalue weighted by Crippen LogP contribution is -2.42. The fraction of sp³-hybridized carbons (Fsp3) is 0.438. The second-order valence-corrected chi connectivity index (χ2v) is 7.84. The molecule has 0 bridgehead atoms. The largest absolute Gasteiger partial charge is 0.271 e. The van der Waals surface area contributed by atoms with E-state index in [9.17, 15) is 12.8 Å². The molecule has 0 saturated heterocycles. The van der Waals surface area contributed by atoms with E-state index >= 15 is 0 Å². The Bertz CT molecular complexity index is 874. The highest BCUT2D eigenvalue weighted by Crippen LogP contribution is 2.37. The Morgan fingerprint density at radius 3 is 2.61 bits per heavy atom. The zero-order valence-corrected chi connectivity index (χ0v) is 14.5. The first kappa shape index (κ1) is 16.0. The molecule has 1 unspecified atom stereocenters. The van der Waals surface area contributed by atoms with Gasteiger partial charge in [0.05, 0.1) is 17.1 Å². The molecule has 0 radical (unpaired) electrons. The van der Waals surface area contributed by atoms with Crippen molar-refractivity contribution >= 4 is 15.7 Å². The Labute approximate surface area is 135 Å². The molecular formula is C16H20FN3O2S. The number of fused-ring (bicyclic) bond motifs is 1. The predicted molar refractivity (Wildman–Crippen MR) is 86.5 cm³/mol. The molecule has 0 spiro atoms. The van der Waals surface area contributed by atoms with Gasteiger partial charge in [0.1, 0.15) is 10.7 Å². The normalized spacial score (nSPS) is 18.1. The molecular weight excluding hydrogens is 317 g/mol. The third-order valence-electron chi connectivity index (χ3n) is 4.47. The van der Waals surface area contributed by atoms with Crippen LogP contribution >= 0.6 is 0 Å². The van der Waals surface area contributed by atoms with E-state index in [1.54, 1.807) is 31.6 Å². The van der Waals surface area contributed by atoms with Crippen molar-refractivity contribution in [3.05, 3.63) is 41.0 Å². The van der Waals surface area contributed by atoms with Crippen molar-refractivity contribution in [3.63, 3.8) is 0 Å². The molecule has 7 heteroatoms. The van der Waals surface area contributed by atoms with Gasteiger partial charge < -0.3 is 0 Å². The smallest absolute Gasteiger partial charge is 0.268 e. The Kier molecular flexibility index (Phi) is 3.71. The number of nitrogens with zero attached hydrogens (tertiary/aromatic N) is 3. The van der Waals surface area contributed by atoms with Gasteiger partial charge in [0.25, 0.3) is 10.0 Å². The summed E-state index contributed by atoms with van der Waals surface area (Å²) >= 11 is 0. The average Bonchev–Trinajstić information content (AvgIpc) is 2.72. The number of anilines is 1. The number of aryl methyl sites for hydroxylation is 3. The maximum atomic E-state index is 13.5. The van der Waals surface area contributed by atoms with Gasteiger partial charge in [0.2, 0.25) is 0 Å². The van der Waals surface area contributed by atoms with Crippen molar-refractivity contribution in [1.29, 1.82) is 0 Å². The van der Waals surface area contributed by atoms with E-state index in [0.29, 0.717) is 29.9 Å². The van der Waals surface area contributed by atoms with Gasteiger partial charge >= 0.3 is 0 Å². The maximum Gasteiger partial charge on any atom is 0.268 e. The Hall–Kier alpha value is -1.89. The van der Waals surface area contributed by atoms with Crippen molar-refractivity contribution < 1.29 is 12.8 Å². The van der Waals surface area contributed by atoms with Crippen LogP contribution in [0.25, 0.3) is 0 Å². The molecule has 1 aromatic heterocycles. The minimum Gasteiger partial charge on any atom is -0.271 e. The van der Waals surface area contributed by atoms with E-state index < -0.39 is 10.0 Å². The topological polar surface area (TPSA) is 55.2 Å². The van der Waals surface area contributed by atoms with Gasteiger partial charge in [-0.15, -0.1) is 0 Å². The molecule has 23 heavy (non-hydrogen) atoms. The zero-order valence-electron chi connectivity index (χ0n) is 13.7. The summed E-state index contributed by atoms with van der Waals surface area (Å²) in [6.07, 6.45) is 1.33. The molecule has 124 valence electrons. The number of sulfonamides is 1. The summed E-state index contributed by atoms with van der Waals surface area (Å²) in [6.45, 7) is 5.32. The second-order valence-electron chi connectivity index (χ2n) is 6.09. The number of hydrogen-bond donors (Lipinski definition) is 0. The van der Waals surface area contributed by atoms with E-state index in [-0.39, 0.29) is 16.8 Å². The standard InChI is InChI=1S/C16H20FN3O2S/c1-10-5-6-13-9-14(17)7-8-15(13)20(10)23(21,22)16-11(2)18-19(4)12(16)3/h7-10H,5-6H2,1-4H3. The zero-order chi connectivity index (χ0) is 16.9. The summed E-state index contributed by atoms with van der Waals surface area (Å²) in [4.78, 5) is 0.240. The summed E-state index contributed by atoms with van der Waals surface area (Å²) in [5, 5.41) is 4.22. The molecule has 1 atom stereocenters. The van der Waals surface area contributed by atoms with Crippen LogP contribution in [0.4, 0.5) is 10.1 Å². The molecule has 3 rings (SSSR count). The first-order valence-corrected chi connectivity index (χ1v) is 9.00. The molecule has 2 aromatic rings. The molecule has 1 aromatic carbocycles.